The van der Waals surface area contributed by atoms with Gasteiger partial charge in [0.2, 0.25) is 0 Å². The first kappa shape index (κ1) is 41.7. The first-order valence-electron chi connectivity index (χ1n) is 23.2. The fourth-order valence-corrected chi connectivity index (χ4v) is 10.9. The van der Waals surface area contributed by atoms with E-state index in [4.69, 9.17) is 9.72 Å². The molecule has 70 heavy (non-hydrogen) atoms. The molecule has 0 unspecified atom stereocenters. The van der Waals surface area contributed by atoms with Crippen LogP contribution in [0, 0.1) is 18.5 Å². The third kappa shape index (κ3) is 6.18. The molecule has 0 aliphatic carbocycles. The van der Waals surface area contributed by atoms with Crippen LogP contribution in [0.5, 0.6) is 11.5 Å². The van der Waals surface area contributed by atoms with Crippen LogP contribution in [-0.4, -0.2) is 23.3 Å². The van der Waals surface area contributed by atoms with E-state index in [2.05, 4.69) is 225 Å². The van der Waals surface area contributed by atoms with Crippen molar-refractivity contribution < 1.29 is 30.4 Å². The summed E-state index contributed by atoms with van der Waals surface area (Å²) in [4.78, 5) is 4.99. The summed E-state index contributed by atoms with van der Waals surface area (Å²) in [5.74, 6) is 1.93. The van der Waals surface area contributed by atoms with Crippen LogP contribution in [0.3, 0.4) is 0 Å². The van der Waals surface area contributed by atoms with Crippen LogP contribution in [0.4, 0.5) is 0 Å². The van der Waals surface area contributed by atoms with Crippen molar-refractivity contribution in [1.29, 1.82) is 0 Å². The molecular weight excluding hydrogens is 1040 g/mol. The van der Waals surface area contributed by atoms with E-state index in [1.54, 1.807) is 0 Å². The molecule has 8 heteroatoms. The molecule has 0 saturated heterocycles. The van der Waals surface area contributed by atoms with Crippen molar-refractivity contribution in [2.45, 2.75) is 0 Å². The van der Waals surface area contributed by atoms with E-state index in [1.807, 2.05) is 36.5 Å². The monoisotopic (exact) mass is 1080 g/mol. The van der Waals surface area contributed by atoms with E-state index in [1.165, 1.54) is 43.6 Å². The molecule has 0 N–H and O–H groups in total. The molecule has 14 rings (SSSR count). The van der Waals surface area contributed by atoms with E-state index in [-0.39, 0.29) is 21.1 Å². The Hall–Kier alpha value is -8.51. The minimum atomic E-state index is 0. The van der Waals surface area contributed by atoms with Gasteiger partial charge in [-0.15, -0.1) is 24.3 Å². The predicted molar refractivity (Wildman–Crippen MR) is 279 cm³/mol. The maximum atomic E-state index is 6.83. The van der Waals surface area contributed by atoms with Crippen molar-refractivity contribution >= 4 is 76.5 Å². The Morgan fingerprint density at radius 2 is 1.03 bits per heavy atom. The zero-order chi connectivity index (χ0) is 45.7. The second-order valence-corrected chi connectivity index (χ2v) is 17.6. The van der Waals surface area contributed by atoms with Crippen molar-refractivity contribution in [2.75, 3.05) is 0 Å². The van der Waals surface area contributed by atoms with Crippen LogP contribution in [0.25, 0.3) is 116 Å². The third-order valence-electron chi connectivity index (χ3n) is 13.9. The van der Waals surface area contributed by atoms with Crippen molar-refractivity contribution in [3.8, 4) is 50.9 Å². The quantitative estimate of drug-likeness (QED) is 0.118. The SMILES string of the molecule is Cn1c2ccccc2c2c1c1c3ccc(Oc4[c-]c(-[n+]5[c-]n(-c6c(-c7ccccc7)cccc6-c6ccccc6)c6ccccc65)ccc4)[c-]c3n(-c3ccccn3)c1c1c3ccccc3n(C)c21.[Pt]. The predicted octanol–water partition coefficient (Wildman–Crippen LogP) is 14.2. The zero-order valence-corrected chi connectivity index (χ0v) is 40.3. The van der Waals surface area contributed by atoms with Gasteiger partial charge in [-0.25, -0.2) is 4.98 Å². The molecule has 0 amide bonds. The number of para-hydroxylation sites is 5. The summed E-state index contributed by atoms with van der Waals surface area (Å²) < 4.78 is 18.1. The Bertz CT molecular complexity index is 4300. The number of imidazole rings is 1. The standard InChI is InChI=1S/C62H40N6O.Pt/c1-64-50-29-11-9-25-47(50)56-60-57(48-26-10-12-30-51(48)65(60)2)62-58(61(56)64)49-35-34-44(38-54(49)68(62)55-33-15-16-36-63-55)69-43-24-17-23-42(37-43)66-39-67(53-32-14-13-31-52(53)66)59-45(40-19-5-3-6-20-40)27-18-28-46(59)41-21-7-4-8-22-41;/h3-36H,1-2H3;/q-2;. The number of hydrogen-bond acceptors (Lipinski definition) is 2. The van der Waals surface area contributed by atoms with Gasteiger partial charge < -0.3 is 23.0 Å². The van der Waals surface area contributed by atoms with Crippen LogP contribution in [-0.2, 0) is 35.2 Å². The number of aromatic nitrogens is 6. The second-order valence-electron chi connectivity index (χ2n) is 17.6. The van der Waals surface area contributed by atoms with E-state index in [0.29, 0.717) is 11.5 Å². The third-order valence-corrected chi connectivity index (χ3v) is 13.9. The number of benzene rings is 9. The minimum Gasteiger partial charge on any atom is -0.510 e. The molecule has 5 aromatic heterocycles. The van der Waals surface area contributed by atoms with Gasteiger partial charge in [0.25, 0.3) is 6.33 Å². The van der Waals surface area contributed by atoms with Crippen LogP contribution in [0.2, 0.25) is 0 Å². The number of nitrogens with zero attached hydrogens (tertiary/aromatic N) is 6. The number of fused-ring (bicyclic) bond motifs is 13. The molecule has 9 aromatic carbocycles. The minimum absolute atomic E-state index is 0. The van der Waals surface area contributed by atoms with Crippen LogP contribution >= 0.6 is 0 Å². The summed E-state index contributed by atoms with van der Waals surface area (Å²) in [5, 5.41) is 7.04. The van der Waals surface area contributed by atoms with Gasteiger partial charge in [0.1, 0.15) is 5.82 Å². The Morgan fingerprint density at radius 3 is 1.69 bits per heavy atom. The molecule has 0 fully saturated rings. The summed E-state index contributed by atoms with van der Waals surface area (Å²) in [6.07, 6.45) is 5.64. The fraction of sp³-hybridized carbons (Fsp3) is 0.0323. The van der Waals surface area contributed by atoms with Gasteiger partial charge >= 0.3 is 0 Å². The van der Waals surface area contributed by atoms with Gasteiger partial charge in [0.05, 0.1) is 27.8 Å². The fourth-order valence-electron chi connectivity index (χ4n) is 10.9. The normalized spacial score (nSPS) is 11.7. The topological polar surface area (TPSA) is 45.7 Å². The molecule has 0 atom stereocenters. The van der Waals surface area contributed by atoms with Gasteiger partial charge in [0.15, 0.2) is 0 Å². The number of hydrogen-bond donors (Lipinski definition) is 0. The molecule has 14 aromatic rings. The molecule has 0 bridgehead atoms. The molecule has 0 aliphatic heterocycles. The summed E-state index contributed by atoms with van der Waals surface area (Å²) >= 11 is 0. The van der Waals surface area contributed by atoms with E-state index < -0.39 is 0 Å². The van der Waals surface area contributed by atoms with Crippen molar-refractivity contribution in [1.82, 2.24) is 23.3 Å². The van der Waals surface area contributed by atoms with Crippen LogP contribution in [0.15, 0.2) is 206 Å². The number of pyridine rings is 1. The van der Waals surface area contributed by atoms with E-state index in [0.717, 1.165) is 72.3 Å². The molecule has 0 aliphatic rings. The largest absolute Gasteiger partial charge is 0.510 e. The molecule has 336 valence electrons. The first-order chi connectivity index (χ1) is 34.1. The summed E-state index contributed by atoms with van der Waals surface area (Å²) in [7, 11) is 4.37. The summed E-state index contributed by atoms with van der Waals surface area (Å²) in [5.41, 5.74) is 15.0. The van der Waals surface area contributed by atoms with Crippen LogP contribution in [0.1, 0.15) is 0 Å². The Balaban J connectivity index is 0.00000480. The average Bonchev–Trinajstić information content (AvgIpc) is 4.13. The molecule has 0 saturated carbocycles. The van der Waals surface area contributed by atoms with Crippen molar-refractivity contribution in [3.63, 3.8) is 0 Å². The first-order valence-corrected chi connectivity index (χ1v) is 23.2. The van der Waals surface area contributed by atoms with Gasteiger partial charge in [-0.05, 0) is 57.6 Å². The van der Waals surface area contributed by atoms with Crippen molar-refractivity contribution in [2.24, 2.45) is 14.1 Å². The molecular formula is C62H40N6OPt-2. The maximum Gasteiger partial charge on any atom is 0.268 e. The number of rotatable bonds is 7. The molecule has 5 heterocycles. The second kappa shape index (κ2) is 16.3. The van der Waals surface area contributed by atoms with Gasteiger partial charge in [0, 0.05) is 91.0 Å². The maximum absolute atomic E-state index is 6.83. The average molecular weight is 1080 g/mol. The van der Waals surface area contributed by atoms with Gasteiger partial charge in [-0.3, -0.25) is 4.57 Å². The number of ether oxygens (including phenoxy) is 1. The zero-order valence-electron chi connectivity index (χ0n) is 38.0. The number of aryl methyl sites for hydroxylation is 2. The Kier molecular flexibility index (Phi) is 9.72. The van der Waals surface area contributed by atoms with Gasteiger partial charge in [-0.2, -0.15) is 18.2 Å². The Labute approximate surface area is 417 Å². The van der Waals surface area contributed by atoms with E-state index >= 15 is 0 Å². The Morgan fingerprint density at radius 1 is 0.471 bits per heavy atom. The van der Waals surface area contributed by atoms with Gasteiger partial charge in [-0.1, -0.05) is 156 Å². The smallest absolute Gasteiger partial charge is 0.268 e. The molecule has 0 spiro atoms. The van der Waals surface area contributed by atoms with Crippen LogP contribution < -0.4 is 9.30 Å². The molecule has 7 nitrogen and oxygen atoms in total. The summed E-state index contributed by atoms with van der Waals surface area (Å²) in [6, 6.07) is 77.3. The molecule has 0 radical (unpaired) electrons. The summed E-state index contributed by atoms with van der Waals surface area (Å²) in [6.45, 7) is 0. The van der Waals surface area contributed by atoms with Crippen molar-refractivity contribution in [3.05, 3.63) is 225 Å². The van der Waals surface area contributed by atoms with E-state index in [9.17, 15) is 0 Å².